The number of nitrogens with zero attached hydrogens (tertiary/aromatic N) is 4. The Morgan fingerprint density at radius 3 is 2.33 bits per heavy atom. The summed E-state index contributed by atoms with van der Waals surface area (Å²) in [6.07, 6.45) is 5.69. The first-order valence-electron chi connectivity index (χ1n) is 12.5. The van der Waals surface area contributed by atoms with Crippen LogP contribution in [0.15, 0.2) is 28.7 Å². The van der Waals surface area contributed by atoms with E-state index >= 15 is 0 Å². The molecule has 4 saturated carbocycles. The molecule has 0 spiro atoms. The molecular formula is C25H28N4O7. The minimum atomic E-state index is -0.836. The molecule has 5 aliphatic rings. The second-order valence-corrected chi connectivity index (χ2v) is 11.0. The Labute approximate surface area is 207 Å². The number of nitro groups is 1. The van der Waals surface area contributed by atoms with Crippen molar-refractivity contribution >= 4 is 17.6 Å². The fourth-order valence-corrected chi connectivity index (χ4v) is 7.32. The van der Waals surface area contributed by atoms with Gasteiger partial charge >= 0.3 is 5.97 Å². The number of esters is 1. The van der Waals surface area contributed by atoms with Crippen LogP contribution < -0.4 is 0 Å². The molecule has 1 aromatic carbocycles. The van der Waals surface area contributed by atoms with E-state index in [0.717, 1.165) is 19.3 Å². The second kappa shape index (κ2) is 8.65. The Hall–Kier alpha value is -3.34. The Balaban J connectivity index is 1.11. The molecule has 36 heavy (non-hydrogen) atoms. The van der Waals surface area contributed by atoms with Crippen molar-refractivity contribution in [3.8, 4) is 11.5 Å². The number of nitro benzene ring substituents is 1. The van der Waals surface area contributed by atoms with Crippen LogP contribution in [0, 0.1) is 33.3 Å². The fourth-order valence-electron chi connectivity index (χ4n) is 7.32. The van der Waals surface area contributed by atoms with Crippen molar-refractivity contribution in [3.63, 3.8) is 0 Å². The number of hydrogen-bond donors (Lipinski definition) is 1. The van der Waals surface area contributed by atoms with Crippen LogP contribution >= 0.6 is 0 Å². The molecule has 2 atom stereocenters. The van der Waals surface area contributed by atoms with E-state index in [0.29, 0.717) is 23.3 Å². The lowest BCUT2D eigenvalue weighted by Crippen LogP contribution is -2.56. The molecule has 5 fully saturated rings. The molecule has 7 rings (SSSR count). The van der Waals surface area contributed by atoms with Crippen molar-refractivity contribution < 1.29 is 28.8 Å². The van der Waals surface area contributed by atoms with Gasteiger partial charge in [-0.05, 0) is 68.4 Å². The van der Waals surface area contributed by atoms with E-state index < -0.39 is 28.5 Å². The lowest BCUT2D eigenvalue weighted by Gasteiger charge is -2.56. The van der Waals surface area contributed by atoms with E-state index in [1.807, 2.05) is 0 Å². The van der Waals surface area contributed by atoms with E-state index in [9.17, 15) is 24.8 Å². The molecule has 4 aliphatic carbocycles. The van der Waals surface area contributed by atoms with Gasteiger partial charge in [-0.2, -0.15) is 0 Å². The molecule has 1 N–H and O–H groups in total. The number of non-ortho nitro benzene ring substituents is 1. The molecule has 11 heteroatoms. The molecule has 1 aromatic heterocycles. The molecule has 1 saturated heterocycles. The lowest BCUT2D eigenvalue weighted by atomic mass is 9.49. The van der Waals surface area contributed by atoms with Gasteiger partial charge in [0.05, 0.1) is 16.4 Å². The zero-order chi connectivity index (χ0) is 25.0. The SMILES string of the molecule is O=C(OCc1nnc(-c2ccc([N+](=O)[O-])cc2)o1)[C@@H]1CC(O)CN1C(=O)C12CC3CC(CC(C3)C1)C2. The molecule has 11 nitrogen and oxygen atoms in total. The zero-order valence-corrected chi connectivity index (χ0v) is 19.7. The first-order valence-corrected chi connectivity index (χ1v) is 12.5. The predicted octanol–water partition coefficient (Wildman–Crippen LogP) is 2.87. The first-order chi connectivity index (χ1) is 17.3. The number of aliphatic hydroxyl groups is 1. The summed E-state index contributed by atoms with van der Waals surface area (Å²) >= 11 is 0. The van der Waals surface area contributed by atoms with Crippen LogP contribution in [0.25, 0.3) is 11.5 Å². The van der Waals surface area contributed by atoms with Crippen LogP contribution in [0.5, 0.6) is 0 Å². The van der Waals surface area contributed by atoms with Gasteiger partial charge in [0.25, 0.3) is 11.6 Å². The number of benzene rings is 1. The average molecular weight is 497 g/mol. The van der Waals surface area contributed by atoms with Gasteiger partial charge in [0.15, 0.2) is 6.61 Å². The van der Waals surface area contributed by atoms with Gasteiger partial charge in [-0.25, -0.2) is 4.79 Å². The predicted molar refractivity (Wildman–Crippen MR) is 123 cm³/mol. The standard InChI is InChI=1S/C25H28N4O7/c30-19-8-20(28(12-19)24(32)25-9-14-5-15(10-25)7-16(6-14)11-25)23(31)35-13-21-26-27-22(36-21)17-1-3-18(4-2-17)29(33)34/h1-4,14-16,19-20,30H,5-13H2/t14?,15?,16?,19?,20-,25?/m0/s1. The van der Waals surface area contributed by atoms with Crippen molar-refractivity contribution in [2.24, 2.45) is 23.2 Å². The highest BCUT2D eigenvalue weighted by molar-refractivity contribution is 5.89. The maximum absolute atomic E-state index is 13.8. The van der Waals surface area contributed by atoms with Crippen LogP contribution in [-0.4, -0.2) is 55.7 Å². The lowest BCUT2D eigenvalue weighted by molar-refractivity contribution is -0.384. The Kier molecular flexibility index (Phi) is 5.55. The average Bonchev–Trinajstić information content (AvgIpc) is 3.48. The number of likely N-dealkylation sites (tertiary alicyclic amines) is 1. The van der Waals surface area contributed by atoms with E-state index in [-0.39, 0.29) is 42.9 Å². The van der Waals surface area contributed by atoms with Crippen molar-refractivity contribution in [3.05, 3.63) is 40.3 Å². The van der Waals surface area contributed by atoms with E-state index in [1.54, 1.807) is 4.90 Å². The summed E-state index contributed by atoms with van der Waals surface area (Å²) in [5, 5.41) is 29.0. The Morgan fingerprint density at radius 2 is 1.72 bits per heavy atom. The van der Waals surface area contributed by atoms with Gasteiger partial charge in [-0.3, -0.25) is 14.9 Å². The number of aliphatic hydroxyl groups excluding tert-OH is 1. The number of rotatable bonds is 6. The maximum Gasteiger partial charge on any atom is 0.329 e. The van der Waals surface area contributed by atoms with Crippen LogP contribution in [-0.2, 0) is 20.9 Å². The molecule has 1 unspecified atom stereocenters. The number of aromatic nitrogens is 2. The summed E-state index contributed by atoms with van der Waals surface area (Å²) in [5.41, 5.74) is 0.0412. The molecule has 4 bridgehead atoms. The minimum Gasteiger partial charge on any atom is -0.454 e. The highest BCUT2D eigenvalue weighted by atomic mass is 16.6. The second-order valence-electron chi connectivity index (χ2n) is 11.0. The third-order valence-corrected chi connectivity index (χ3v) is 8.43. The quantitative estimate of drug-likeness (QED) is 0.362. The van der Waals surface area contributed by atoms with Crippen LogP contribution in [0.2, 0.25) is 0 Å². The van der Waals surface area contributed by atoms with Crippen LogP contribution in [0.3, 0.4) is 0 Å². The summed E-state index contributed by atoms with van der Waals surface area (Å²) in [5.74, 6) is 1.40. The number of carbonyl (C=O) groups excluding carboxylic acids is 2. The molecule has 2 heterocycles. The summed E-state index contributed by atoms with van der Waals surface area (Å²) in [4.78, 5) is 38.7. The highest BCUT2D eigenvalue weighted by Gasteiger charge is 2.57. The van der Waals surface area contributed by atoms with Crippen molar-refractivity contribution in [1.29, 1.82) is 0 Å². The third kappa shape index (κ3) is 4.04. The van der Waals surface area contributed by atoms with E-state index in [1.165, 1.54) is 43.5 Å². The van der Waals surface area contributed by atoms with E-state index in [4.69, 9.17) is 9.15 Å². The molecule has 0 radical (unpaired) electrons. The Morgan fingerprint density at radius 1 is 1.08 bits per heavy atom. The van der Waals surface area contributed by atoms with Gasteiger partial charge in [0.1, 0.15) is 6.04 Å². The molecule has 2 aromatic rings. The summed E-state index contributed by atoms with van der Waals surface area (Å²) in [7, 11) is 0. The summed E-state index contributed by atoms with van der Waals surface area (Å²) < 4.78 is 11.0. The number of carbonyl (C=O) groups is 2. The number of amides is 1. The van der Waals surface area contributed by atoms with Crippen molar-refractivity contribution in [1.82, 2.24) is 15.1 Å². The fraction of sp³-hybridized carbons (Fsp3) is 0.600. The minimum absolute atomic E-state index is 0.00153. The van der Waals surface area contributed by atoms with Gasteiger partial charge in [-0.1, -0.05) is 0 Å². The smallest absolute Gasteiger partial charge is 0.329 e. The summed E-state index contributed by atoms with van der Waals surface area (Å²) in [6, 6.07) is 4.82. The summed E-state index contributed by atoms with van der Waals surface area (Å²) in [6.45, 7) is -0.129. The van der Waals surface area contributed by atoms with Gasteiger partial charge in [-0.15, -0.1) is 10.2 Å². The van der Waals surface area contributed by atoms with E-state index in [2.05, 4.69) is 10.2 Å². The third-order valence-electron chi connectivity index (χ3n) is 8.43. The van der Waals surface area contributed by atoms with Crippen LogP contribution in [0.4, 0.5) is 5.69 Å². The van der Waals surface area contributed by atoms with Crippen molar-refractivity contribution in [2.45, 2.75) is 63.7 Å². The molecule has 1 amide bonds. The zero-order valence-electron chi connectivity index (χ0n) is 19.7. The number of β-amino-alcohol motifs (C(OH)–C–C–N with tert-alkyl or cyclic N) is 1. The monoisotopic (exact) mass is 496 g/mol. The molecule has 190 valence electrons. The maximum atomic E-state index is 13.8. The molecular weight excluding hydrogens is 468 g/mol. The van der Waals surface area contributed by atoms with Gasteiger partial charge in [0, 0.05) is 30.7 Å². The van der Waals surface area contributed by atoms with Gasteiger partial charge in [0.2, 0.25) is 11.8 Å². The number of ether oxygens (including phenoxy) is 1. The van der Waals surface area contributed by atoms with Crippen molar-refractivity contribution in [2.75, 3.05) is 6.54 Å². The first kappa shape index (κ1) is 23.1. The highest BCUT2D eigenvalue weighted by Crippen LogP contribution is 2.60. The Bertz CT molecular complexity index is 1160. The normalized spacial score (nSPS) is 32.6. The van der Waals surface area contributed by atoms with Gasteiger partial charge < -0.3 is 19.2 Å². The topological polar surface area (TPSA) is 149 Å². The number of hydrogen-bond acceptors (Lipinski definition) is 9. The van der Waals surface area contributed by atoms with Crippen LogP contribution in [0.1, 0.15) is 50.8 Å². The molecule has 1 aliphatic heterocycles. The largest absolute Gasteiger partial charge is 0.454 e.